The van der Waals surface area contributed by atoms with Crippen LogP contribution in [0.5, 0.6) is 0 Å². The molecule has 0 unspecified atom stereocenters. The molecule has 0 atom stereocenters. The molecule has 29 heavy (non-hydrogen) atoms. The van der Waals surface area contributed by atoms with Crippen molar-refractivity contribution in [1.82, 2.24) is 9.80 Å². The Hall–Kier alpha value is -1.93. The van der Waals surface area contributed by atoms with Gasteiger partial charge in [-0.15, -0.1) is 0 Å². The molecule has 0 aliphatic carbocycles. The van der Waals surface area contributed by atoms with E-state index >= 15 is 0 Å². The van der Waals surface area contributed by atoms with Gasteiger partial charge in [0, 0.05) is 43.9 Å². The highest BCUT2D eigenvalue weighted by molar-refractivity contribution is 6.31. The largest absolute Gasteiger partial charge is 0.444 e. The van der Waals surface area contributed by atoms with Crippen molar-refractivity contribution in [1.29, 1.82) is 0 Å². The maximum Gasteiger partial charge on any atom is 0.410 e. The summed E-state index contributed by atoms with van der Waals surface area (Å²) in [6.07, 6.45) is -0.463. The van der Waals surface area contributed by atoms with Crippen LogP contribution in [0.4, 0.5) is 13.6 Å². The number of hydrogen-bond acceptors (Lipinski definition) is 4. The number of rotatable bonds is 1. The van der Waals surface area contributed by atoms with Gasteiger partial charge in [-0.25, -0.2) is 13.6 Å². The van der Waals surface area contributed by atoms with Crippen LogP contribution in [0, 0.1) is 18.6 Å². The predicted molar refractivity (Wildman–Crippen MR) is 109 cm³/mol. The van der Waals surface area contributed by atoms with Gasteiger partial charge in [0.1, 0.15) is 5.60 Å². The molecule has 0 radical (unpaired) electrons. The van der Waals surface area contributed by atoms with Gasteiger partial charge in [-0.3, -0.25) is 4.79 Å². The maximum atomic E-state index is 14.1. The van der Waals surface area contributed by atoms with Crippen LogP contribution in [0.2, 0.25) is 5.02 Å². The van der Waals surface area contributed by atoms with Crippen LogP contribution in [0.25, 0.3) is 0 Å². The Kier molecular flexibility index (Phi) is 11.1. The SMILES string of the molecule is CC.CO.Cc1c(Cl)cc(C(=O)N2CCN(C(=O)OC(C)(C)C)CC2)c(F)c1F. The highest BCUT2D eigenvalue weighted by Gasteiger charge is 2.30. The first-order valence-corrected chi connectivity index (χ1v) is 9.75. The van der Waals surface area contributed by atoms with Crippen molar-refractivity contribution in [2.24, 2.45) is 0 Å². The van der Waals surface area contributed by atoms with Crippen LogP contribution in [-0.2, 0) is 4.74 Å². The zero-order valence-corrected chi connectivity index (χ0v) is 18.9. The lowest BCUT2D eigenvalue weighted by Crippen LogP contribution is -2.51. The molecule has 0 saturated carbocycles. The third-order valence-electron chi connectivity index (χ3n) is 3.84. The van der Waals surface area contributed by atoms with Gasteiger partial charge in [-0.05, 0) is 33.8 Å². The van der Waals surface area contributed by atoms with Crippen molar-refractivity contribution < 1.29 is 28.2 Å². The van der Waals surface area contributed by atoms with Crippen LogP contribution in [0.1, 0.15) is 50.5 Å². The van der Waals surface area contributed by atoms with E-state index in [1.54, 1.807) is 20.8 Å². The molecule has 1 aromatic rings. The molecule has 1 fully saturated rings. The number of aliphatic hydroxyl groups excluding tert-OH is 1. The first kappa shape index (κ1) is 27.1. The molecule has 1 aliphatic heterocycles. The summed E-state index contributed by atoms with van der Waals surface area (Å²) in [5, 5.41) is 7.00. The fourth-order valence-electron chi connectivity index (χ4n) is 2.43. The lowest BCUT2D eigenvalue weighted by Gasteiger charge is -2.35. The highest BCUT2D eigenvalue weighted by Crippen LogP contribution is 2.25. The van der Waals surface area contributed by atoms with Gasteiger partial charge in [0.25, 0.3) is 5.91 Å². The third-order valence-corrected chi connectivity index (χ3v) is 4.23. The number of nitrogens with zero attached hydrogens (tertiary/aromatic N) is 2. The molecule has 1 aliphatic rings. The zero-order valence-electron chi connectivity index (χ0n) is 18.1. The molecule has 1 N–H and O–H groups in total. The summed E-state index contributed by atoms with van der Waals surface area (Å²) >= 11 is 5.85. The second kappa shape index (κ2) is 11.9. The van der Waals surface area contributed by atoms with E-state index in [4.69, 9.17) is 21.4 Å². The van der Waals surface area contributed by atoms with E-state index in [0.717, 1.165) is 13.2 Å². The van der Waals surface area contributed by atoms with Crippen molar-refractivity contribution in [3.63, 3.8) is 0 Å². The van der Waals surface area contributed by atoms with Crippen LogP contribution in [-0.4, -0.2) is 65.8 Å². The van der Waals surface area contributed by atoms with E-state index in [1.807, 2.05) is 13.8 Å². The first-order valence-electron chi connectivity index (χ1n) is 9.37. The predicted octanol–water partition coefficient (Wildman–Crippen LogP) is 4.25. The molecular formula is C20H31ClF2N2O4. The van der Waals surface area contributed by atoms with Crippen molar-refractivity contribution in [3.8, 4) is 0 Å². The molecule has 0 aromatic heterocycles. The Bertz CT molecular complexity index is 701. The second-order valence-electron chi connectivity index (χ2n) is 6.92. The number of benzene rings is 1. The fourth-order valence-corrected chi connectivity index (χ4v) is 2.62. The third kappa shape index (κ3) is 7.44. The average molecular weight is 437 g/mol. The van der Waals surface area contributed by atoms with E-state index < -0.39 is 34.8 Å². The standard InChI is InChI=1S/C17H21ClF2N2O3.C2H6.CH4O/c1-10-12(18)9-11(14(20)13(10)19)15(23)21-5-7-22(8-6-21)16(24)25-17(2,3)4;2*1-2/h9H,5-8H2,1-4H3;1-2H3;2H,1H3. The monoisotopic (exact) mass is 436 g/mol. The number of halogens is 3. The highest BCUT2D eigenvalue weighted by atomic mass is 35.5. The van der Waals surface area contributed by atoms with Gasteiger partial charge in [-0.2, -0.15) is 0 Å². The number of hydrogen-bond donors (Lipinski definition) is 1. The minimum absolute atomic E-state index is 0.00496. The van der Waals surface area contributed by atoms with Crippen LogP contribution in [0.3, 0.4) is 0 Å². The zero-order chi connectivity index (χ0) is 22.9. The minimum atomic E-state index is -1.21. The van der Waals surface area contributed by atoms with Crippen LogP contribution < -0.4 is 0 Å². The fraction of sp³-hybridized carbons (Fsp3) is 0.600. The van der Waals surface area contributed by atoms with Gasteiger partial charge in [0.2, 0.25) is 0 Å². The molecule has 2 amide bonds. The van der Waals surface area contributed by atoms with E-state index in [-0.39, 0.29) is 36.8 Å². The number of ether oxygens (including phenoxy) is 1. The number of piperazine rings is 1. The van der Waals surface area contributed by atoms with Crippen molar-refractivity contribution in [3.05, 3.63) is 33.9 Å². The molecule has 9 heteroatoms. The van der Waals surface area contributed by atoms with Crippen LogP contribution >= 0.6 is 11.6 Å². The van der Waals surface area contributed by atoms with Gasteiger partial charge in [0.15, 0.2) is 11.6 Å². The summed E-state index contributed by atoms with van der Waals surface area (Å²) in [6.45, 7) is 11.5. The van der Waals surface area contributed by atoms with Crippen molar-refractivity contribution in [2.45, 2.75) is 47.1 Å². The number of amides is 2. The molecule has 166 valence electrons. The lowest BCUT2D eigenvalue weighted by atomic mass is 10.1. The Labute approximate surface area is 176 Å². The smallest absolute Gasteiger partial charge is 0.410 e. The summed E-state index contributed by atoms with van der Waals surface area (Å²) in [4.78, 5) is 27.3. The van der Waals surface area contributed by atoms with E-state index in [1.165, 1.54) is 16.7 Å². The second-order valence-corrected chi connectivity index (χ2v) is 7.33. The number of aliphatic hydroxyl groups is 1. The maximum absolute atomic E-state index is 14.1. The van der Waals surface area contributed by atoms with Crippen molar-refractivity contribution in [2.75, 3.05) is 33.3 Å². The summed E-state index contributed by atoms with van der Waals surface area (Å²) in [5.41, 5.74) is -1.05. The van der Waals surface area contributed by atoms with Crippen molar-refractivity contribution >= 4 is 23.6 Å². The molecule has 1 aromatic carbocycles. The first-order chi connectivity index (χ1) is 13.5. The molecule has 6 nitrogen and oxygen atoms in total. The normalized spacial score (nSPS) is 13.6. The molecule has 1 heterocycles. The van der Waals surface area contributed by atoms with Gasteiger partial charge in [0.05, 0.1) is 5.56 Å². The molecule has 0 bridgehead atoms. The summed E-state index contributed by atoms with van der Waals surface area (Å²) in [6, 6.07) is 1.14. The Balaban J connectivity index is 0.00000184. The van der Waals surface area contributed by atoms with E-state index in [0.29, 0.717) is 0 Å². The molecule has 0 spiro atoms. The number of carbonyl (C=O) groups excluding carboxylic acids is 2. The Morgan fingerprint density at radius 1 is 1.03 bits per heavy atom. The molecule has 2 rings (SSSR count). The summed E-state index contributed by atoms with van der Waals surface area (Å²) in [7, 11) is 1.00. The lowest BCUT2D eigenvalue weighted by molar-refractivity contribution is 0.0140. The van der Waals surface area contributed by atoms with Gasteiger partial charge >= 0.3 is 6.09 Å². The van der Waals surface area contributed by atoms with Gasteiger partial charge in [-0.1, -0.05) is 25.4 Å². The Morgan fingerprint density at radius 3 is 1.93 bits per heavy atom. The summed E-state index contributed by atoms with van der Waals surface area (Å²) < 4.78 is 33.2. The quantitative estimate of drug-likeness (QED) is 0.668. The molecular weight excluding hydrogens is 406 g/mol. The number of carbonyl (C=O) groups is 2. The molecule has 1 saturated heterocycles. The van der Waals surface area contributed by atoms with Gasteiger partial charge < -0.3 is 19.6 Å². The van der Waals surface area contributed by atoms with E-state index in [2.05, 4.69) is 0 Å². The van der Waals surface area contributed by atoms with E-state index in [9.17, 15) is 18.4 Å². The summed E-state index contributed by atoms with van der Waals surface area (Å²) in [5.74, 6) is -2.98. The average Bonchev–Trinajstić information content (AvgIpc) is 2.70. The Morgan fingerprint density at radius 2 is 1.48 bits per heavy atom. The van der Waals surface area contributed by atoms with Crippen LogP contribution in [0.15, 0.2) is 6.07 Å². The minimum Gasteiger partial charge on any atom is -0.444 e. The topological polar surface area (TPSA) is 70.1 Å².